The maximum Gasteiger partial charge on any atom is 0.161 e. The van der Waals surface area contributed by atoms with Gasteiger partial charge >= 0.3 is 0 Å². The first-order valence-corrected chi connectivity index (χ1v) is 12.0. The second-order valence-corrected chi connectivity index (χ2v) is 7.73. The summed E-state index contributed by atoms with van der Waals surface area (Å²) in [6.07, 6.45) is 6.85. The highest BCUT2D eigenvalue weighted by molar-refractivity contribution is 6.26. The van der Waals surface area contributed by atoms with Crippen molar-refractivity contribution in [1.82, 2.24) is 0 Å². The van der Waals surface area contributed by atoms with Crippen LogP contribution in [0.15, 0.2) is 12.2 Å². The zero-order valence-corrected chi connectivity index (χ0v) is 17.0. The quantitative estimate of drug-likeness (QED) is 0.275. The molecule has 0 radical (unpaired) electrons. The van der Waals surface area contributed by atoms with Crippen LogP contribution in [0.3, 0.4) is 0 Å². The van der Waals surface area contributed by atoms with Gasteiger partial charge < -0.3 is 14.0 Å². The molecule has 5 heteroatoms. The Balaban J connectivity index is 4.66. The van der Waals surface area contributed by atoms with Gasteiger partial charge in [-0.15, -0.1) is 0 Å². The molecule has 0 heterocycles. The van der Waals surface area contributed by atoms with Gasteiger partial charge in [0.25, 0.3) is 0 Å². The molecular formula is C15H34O3Si2. The smallest absolute Gasteiger partial charge is 0.161 e. The summed E-state index contributed by atoms with van der Waals surface area (Å²) < 4.78 is 11.8. The van der Waals surface area contributed by atoms with Crippen molar-refractivity contribution in [3.8, 4) is 0 Å². The lowest BCUT2D eigenvalue weighted by Gasteiger charge is -2.40. The van der Waals surface area contributed by atoms with Gasteiger partial charge in [0, 0.05) is 5.41 Å². The van der Waals surface area contributed by atoms with E-state index >= 15 is 0 Å². The fourth-order valence-electron chi connectivity index (χ4n) is 2.16. The minimum Gasteiger partial charge on any atom is -0.400 e. The Morgan fingerprint density at radius 3 is 2.20 bits per heavy atom. The van der Waals surface area contributed by atoms with E-state index in [0.29, 0.717) is 0 Å². The van der Waals surface area contributed by atoms with E-state index < -0.39 is 25.6 Å². The normalized spacial score (nSPS) is 18.6. The second kappa shape index (κ2) is 10.7. The van der Waals surface area contributed by atoms with E-state index in [1.165, 1.54) is 12.8 Å². The van der Waals surface area contributed by atoms with Gasteiger partial charge in [0.15, 0.2) is 19.5 Å². The highest BCUT2D eigenvalue weighted by atomic mass is 28.2. The van der Waals surface area contributed by atoms with Crippen molar-refractivity contribution in [2.24, 2.45) is 11.3 Å². The van der Waals surface area contributed by atoms with Crippen LogP contribution in [0.2, 0.25) is 13.1 Å². The fraction of sp³-hybridized carbons (Fsp3) is 0.867. The summed E-state index contributed by atoms with van der Waals surface area (Å²) in [5, 5.41) is 10.4. The van der Waals surface area contributed by atoms with Crippen molar-refractivity contribution < 1.29 is 14.0 Å². The van der Waals surface area contributed by atoms with Crippen LogP contribution in [-0.2, 0) is 8.85 Å². The molecule has 0 aromatic rings. The van der Waals surface area contributed by atoms with Crippen LogP contribution in [0.25, 0.3) is 0 Å². The van der Waals surface area contributed by atoms with Gasteiger partial charge in [0.1, 0.15) is 6.29 Å². The molecule has 0 aromatic heterocycles. The van der Waals surface area contributed by atoms with Gasteiger partial charge in [-0.2, -0.15) is 0 Å². The average Bonchev–Trinajstić information content (AvgIpc) is 2.42. The zero-order valence-electron chi connectivity index (χ0n) is 14.2. The van der Waals surface area contributed by atoms with Crippen LogP contribution in [0, 0.1) is 11.3 Å². The molecule has 0 rings (SSSR count). The Hall–Kier alpha value is 0.0538. The molecule has 1 N–H and O–H groups in total. The first kappa shape index (κ1) is 20.1. The number of aliphatic hydroxyl groups is 1. The molecule has 0 aliphatic rings. The second-order valence-electron chi connectivity index (χ2n) is 5.91. The Labute approximate surface area is 130 Å². The van der Waals surface area contributed by atoms with Crippen molar-refractivity contribution >= 4 is 19.5 Å². The van der Waals surface area contributed by atoms with Crippen molar-refractivity contribution in [2.45, 2.75) is 72.4 Å². The summed E-state index contributed by atoms with van der Waals surface area (Å²) in [7, 11) is -1.03. The van der Waals surface area contributed by atoms with Gasteiger partial charge in [-0.3, -0.25) is 0 Å². The van der Waals surface area contributed by atoms with Crippen LogP contribution in [0.5, 0.6) is 0 Å². The first-order valence-electron chi connectivity index (χ1n) is 7.99. The van der Waals surface area contributed by atoms with E-state index in [9.17, 15) is 5.11 Å². The number of unbranched alkanes of at least 4 members (excludes halogenated alkanes) is 2. The number of allylic oxidation sites excluding steroid dienone is 1. The van der Waals surface area contributed by atoms with E-state index in [-0.39, 0.29) is 17.6 Å². The molecule has 20 heavy (non-hydrogen) atoms. The summed E-state index contributed by atoms with van der Waals surface area (Å²) >= 11 is 0. The van der Waals surface area contributed by atoms with Crippen LogP contribution in [0.4, 0.5) is 0 Å². The summed E-state index contributed by atoms with van der Waals surface area (Å²) in [6.45, 7) is 12.8. The van der Waals surface area contributed by atoms with E-state index in [1.807, 2.05) is 6.08 Å². The van der Waals surface area contributed by atoms with Crippen molar-refractivity contribution in [3.05, 3.63) is 12.2 Å². The Kier molecular flexibility index (Phi) is 10.8. The number of rotatable bonds is 11. The van der Waals surface area contributed by atoms with E-state index in [2.05, 4.69) is 46.9 Å². The lowest BCUT2D eigenvalue weighted by molar-refractivity contribution is -0.117. The van der Waals surface area contributed by atoms with Gasteiger partial charge in [-0.1, -0.05) is 65.8 Å². The maximum absolute atomic E-state index is 10.4. The van der Waals surface area contributed by atoms with Crippen molar-refractivity contribution in [2.75, 3.05) is 0 Å². The molecule has 0 amide bonds. The van der Waals surface area contributed by atoms with Crippen LogP contribution < -0.4 is 0 Å². The lowest BCUT2D eigenvalue weighted by Crippen LogP contribution is -2.44. The number of hydrogen-bond acceptors (Lipinski definition) is 3. The third kappa shape index (κ3) is 6.67. The standard InChI is InChI=1S/C15H34O3Si2/c1-7-8-9-10-11-13(16)12(2)15(3,4)14(17-19-5)18-20-6/h10-14,16H,7-9,19-20H2,1-6H3/b11-10+/t12-,13+/m1/s1. The highest BCUT2D eigenvalue weighted by Gasteiger charge is 2.38. The predicted octanol–water partition coefficient (Wildman–Crippen LogP) is 2.38. The monoisotopic (exact) mass is 318 g/mol. The third-order valence-electron chi connectivity index (χ3n) is 3.99. The summed E-state index contributed by atoms with van der Waals surface area (Å²) in [4.78, 5) is 0. The molecule has 0 unspecified atom stereocenters. The molecule has 0 aliphatic carbocycles. The molecule has 0 aromatic carbocycles. The molecule has 0 saturated heterocycles. The number of hydrogen-bond donors (Lipinski definition) is 1. The molecule has 0 bridgehead atoms. The Bertz CT molecular complexity index is 264. The summed E-state index contributed by atoms with van der Waals surface area (Å²) in [5.74, 6) is 0.103. The van der Waals surface area contributed by atoms with Crippen LogP contribution in [0.1, 0.15) is 47.0 Å². The first-order chi connectivity index (χ1) is 9.41. The molecule has 0 spiro atoms. The summed E-state index contributed by atoms with van der Waals surface area (Å²) in [5.41, 5.74) is -0.180. The van der Waals surface area contributed by atoms with Crippen LogP contribution >= 0.6 is 0 Å². The van der Waals surface area contributed by atoms with E-state index in [1.54, 1.807) is 0 Å². The minimum absolute atomic E-state index is 0.103. The predicted molar refractivity (Wildman–Crippen MR) is 92.4 cm³/mol. The summed E-state index contributed by atoms with van der Waals surface area (Å²) in [6, 6.07) is 0. The van der Waals surface area contributed by atoms with Gasteiger partial charge in [-0.05, 0) is 12.3 Å². The molecule has 2 atom stereocenters. The maximum atomic E-state index is 10.4. The third-order valence-corrected chi connectivity index (χ3v) is 5.26. The zero-order chi connectivity index (χ0) is 15.6. The van der Waals surface area contributed by atoms with Gasteiger partial charge in [0.2, 0.25) is 0 Å². The molecule has 0 saturated carbocycles. The molecular weight excluding hydrogens is 284 g/mol. The van der Waals surface area contributed by atoms with Gasteiger partial charge in [0.05, 0.1) is 6.10 Å². The largest absolute Gasteiger partial charge is 0.400 e. The van der Waals surface area contributed by atoms with E-state index in [4.69, 9.17) is 8.85 Å². The molecule has 0 fully saturated rings. The number of aliphatic hydroxyl groups excluding tert-OH is 1. The fourth-order valence-corrected chi connectivity index (χ4v) is 4.01. The highest BCUT2D eigenvalue weighted by Crippen LogP contribution is 2.35. The minimum atomic E-state index is -0.515. The van der Waals surface area contributed by atoms with Crippen LogP contribution in [-0.4, -0.2) is 37.0 Å². The SMILES string of the molecule is CCCC/C=C/[C@H](O)[C@@H](C)C(C)(C)C(O[SiH2]C)O[SiH2]C. The Morgan fingerprint density at radius 2 is 1.75 bits per heavy atom. The molecule has 120 valence electrons. The molecule has 0 aliphatic heterocycles. The van der Waals surface area contributed by atoms with Crippen molar-refractivity contribution in [3.63, 3.8) is 0 Å². The van der Waals surface area contributed by atoms with E-state index in [0.717, 1.165) is 6.42 Å². The van der Waals surface area contributed by atoms with Crippen molar-refractivity contribution in [1.29, 1.82) is 0 Å². The molecule has 3 nitrogen and oxygen atoms in total. The average molecular weight is 319 g/mol. The lowest BCUT2D eigenvalue weighted by atomic mass is 9.76. The van der Waals surface area contributed by atoms with Gasteiger partial charge in [-0.25, -0.2) is 0 Å². The topological polar surface area (TPSA) is 38.7 Å². The Morgan fingerprint density at radius 1 is 1.20 bits per heavy atom.